The molecule has 7 heteroatoms. The molecule has 0 fully saturated rings. The van der Waals surface area contributed by atoms with Gasteiger partial charge in [-0.2, -0.15) is 0 Å². The van der Waals surface area contributed by atoms with Gasteiger partial charge in [0.1, 0.15) is 6.54 Å². The van der Waals surface area contributed by atoms with Gasteiger partial charge in [0.05, 0.1) is 5.69 Å². The minimum absolute atomic E-state index is 0.140. The molecule has 104 valence electrons. The van der Waals surface area contributed by atoms with Gasteiger partial charge < -0.3 is 4.42 Å². The Balaban J connectivity index is 2.01. The summed E-state index contributed by atoms with van der Waals surface area (Å²) in [5.74, 6) is 1.80. The van der Waals surface area contributed by atoms with Crippen molar-refractivity contribution in [2.75, 3.05) is 5.88 Å². The number of halogens is 1. The van der Waals surface area contributed by atoms with Gasteiger partial charge in [-0.1, -0.05) is 26.0 Å². The SMILES string of the molecule is CC(C)(C)c1nnc(Cn2cc(CCCCl)nn2)o1. The highest BCUT2D eigenvalue weighted by Gasteiger charge is 2.21. The molecule has 0 saturated carbocycles. The highest BCUT2D eigenvalue weighted by Crippen LogP contribution is 2.20. The summed E-state index contributed by atoms with van der Waals surface area (Å²) in [5, 5.41) is 16.2. The van der Waals surface area contributed by atoms with Crippen LogP contribution in [-0.4, -0.2) is 31.1 Å². The molecule has 0 spiro atoms. The number of rotatable bonds is 5. The fraction of sp³-hybridized carbons (Fsp3) is 0.667. The molecule has 2 aromatic heterocycles. The normalized spacial score (nSPS) is 12.0. The van der Waals surface area contributed by atoms with E-state index in [2.05, 4.69) is 20.5 Å². The lowest BCUT2D eigenvalue weighted by molar-refractivity contribution is 0.362. The van der Waals surface area contributed by atoms with E-state index in [-0.39, 0.29) is 5.41 Å². The number of alkyl halides is 1. The summed E-state index contributed by atoms with van der Waals surface area (Å²) in [6.07, 6.45) is 3.61. The van der Waals surface area contributed by atoms with Gasteiger partial charge in [0.25, 0.3) is 0 Å². The van der Waals surface area contributed by atoms with Crippen LogP contribution in [0.25, 0.3) is 0 Å². The molecular weight excluding hydrogens is 266 g/mol. The molecule has 0 radical (unpaired) electrons. The molecular formula is C12H18ClN5O. The first-order chi connectivity index (χ1) is 8.99. The van der Waals surface area contributed by atoms with Crippen LogP contribution in [0.15, 0.2) is 10.6 Å². The van der Waals surface area contributed by atoms with Crippen molar-refractivity contribution in [2.45, 2.75) is 45.6 Å². The van der Waals surface area contributed by atoms with E-state index in [0.29, 0.717) is 24.2 Å². The van der Waals surface area contributed by atoms with Crippen LogP contribution in [0.5, 0.6) is 0 Å². The van der Waals surface area contributed by atoms with Crippen molar-refractivity contribution in [1.29, 1.82) is 0 Å². The third-order valence-corrected chi connectivity index (χ3v) is 2.83. The molecule has 0 aromatic carbocycles. The Labute approximate surface area is 117 Å². The summed E-state index contributed by atoms with van der Waals surface area (Å²) in [5.41, 5.74) is 0.787. The molecule has 2 rings (SSSR count). The molecule has 0 bridgehead atoms. The maximum atomic E-state index is 5.65. The summed E-state index contributed by atoms with van der Waals surface area (Å²) in [7, 11) is 0. The molecule has 0 unspecified atom stereocenters. The Bertz CT molecular complexity index is 528. The minimum Gasteiger partial charge on any atom is -0.423 e. The van der Waals surface area contributed by atoms with Gasteiger partial charge in [-0.05, 0) is 12.8 Å². The lowest BCUT2D eigenvalue weighted by atomic mass is 9.97. The predicted octanol–water partition coefficient (Wildman–Crippen LogP) is 2.18. The van der Waals surface area contributed by atoms with Crippen LogP contribution in [-0.2, 0) is 18.4 Å². The van der Waals surface area contributed by atoms with Crippen molar-refractivity contribution in [3.05, 3.63) is 23.7 Å². The van der Waals surface area contributed by atoms with Crippen LogP contribution >= 0.6 is 11.6 Å². The molecule has 2 heterocycles. The molecule has 0 saturated heterocycles. The maximum Gasteiger partial charge on any atom is 0.238 e. The maximum absolute atomic E-state index is 5.65. The number of aryl methyl sites for hydroxylation is 1. The molecule has 2 aromatic rings. The Morgan fingerprint density at radius 1 is 1.26 bits per heavy atom. The van der Waals surface area contributed by atoms with Gasteiger partial charge in [0, 0.05) is 17.5 Å². The van der Waals surface area contributed by atoms with E-state index >= 15 is 0 Å². The van der Waals surface area contributed by atoms with Crippen molar-refractivity contribution in [3.8, 4) is 0 Å². The topological polar surface area (TPSA) is 69.6 Å². The van der Waals surface area contributed by atoms with E-state index < -0.39 is 0 Å². The second-order valence-corrected chi connectivity index (χ2v) is 5.83. The third-order valence-electron chi connectivity index (χ3n) is 2.56. The van der Waals surface area contributed by atoms with Gasteiger partial charge in [0.2, 0.25) is 11.8 Å². The lowest BCUT2D eigenvalue weighted by Gasteiger charge is -2.10. The quantitative estimate of drug-likeness (QED) is 0.787. The van der Waals surface area contributed by atoms with Crippen molar-refractivity contribution < 1.29 is 4.42 Å². The van der Waals surface area contributed by atoms with Crippen LogP contribution in [0.1, 0.15) is 44.7 Å². The predicted molar refractivity (Wildman–Crippen MR) is 71.2 cm³/mol. The van der Waals surface area contributed by atoms with Crippen molar-refractivity contribution in [2.24, 2.45) is 0 Å². The first-order valence-corrected chi connectivity index (χ1v) is 6.80. The standard InChI is InChI=1S/C12H18ClN5O/c1-12(2,3)11-16-15-10(19-11)8-18-7-9(14-17-18)5-4-6-13/h7H,4-6,8H2,1-3H3. The number of hydrogen-bond acceptors (Lipinski definition) is 5. The Kier molecular flexibility index (Phi) is 4.19. The number of nitrogens with zero attached hydrogens (tertiary/aromatic N) is 5. The average molecular weight is 284 g/mol. The van der Waals surface area contributed by atoms with Gasteiger partial charge in [-0.3, -0.25) is 0 Å². The number of hydrogen-bond donors (Lipinski definition) is 0. The Morgan fingerprint density at radius 2 is 2.05 bits per heavy atom. The van der Waals surface area contributed by atoms with E-state index in [4.69, 9.17) is 16.0 Å². The zero-order valence-electron chi connectivity index (χ0n) is 11.4. The molecule has 19 heavy (non-hydrogen) atoms. The molecule has 0 N–H and O–H groups in total. The van der Waals surface area contributed by atoms with Crippen LogP contribution in [0.2, 0.25) is 0 Å². The summed E-state index contributed by atoms with van der Waals surface area (Å²) in [6, 6.07) is 0. The molecule has 0 aliphatic rings. The third kappa shape index (κ3) is 3.76. The molecule has 6 nitrogen and oxygen atoms in total. The molecule has 0 atom stereocenters. The van der Waals surface area contributed by atoms with E-state index in [1.165, 1.54) is 0 Å². The molecule has 0 aliphatic carbocycles. The van der Waals surface area contributed by atoms with E-state index in [1.807, 2.05) is 27.0 Å². The van der Waals surface area contributed by atoms with Crippen molar-refractivity contribution in [3.63, 3.8) is 0 Å². The second kappa shape index (κ2) is 5.69. The van der Waals surface area contributed by atoms with E-state index in [0.717, 1.165) is 18.5 Å². The zero-order chi connectivity index (χ0) is 13.9. The fourth-order valence-electron chi connectivity index (χ4n) is 1.54. The number of aromatic nitrogens is 5. The summed E-state index contributed by atoms with van der Waals surface area (Å²) in [4.78, 5) is 0. The second-order valence-electron chi connectivity index (χ2n) is 5.45. The minimum atomic E-state index is -0.140. The average Bonchev–Trinajstić information content (AvgIpc) is 2.95. The first kappa shape index (κ1) is 14.0. The fourth-order valence-corrected chi connectivity index (χ4v) is 1.67. The first-order valence-electron chi connectivity index (χ1n) is 6.27. The lowest BCUT2D eigenvalue weighted by Crippen LogP contribution is -2.11. The van der Waals surface area contributed by atoms with Gasteiger partial charge >= 0.3 is 0 Å². The van der Waals surface area contributed by atoms with Crippen LogP contribution in [0.4, 0.5) is 0 Å². The largest absolute Gasteiger partial charge is 0.423 e. The van der Waals surface area contributed by atoms with E-state index in [1.54, 1.807) is 4.68 Å². The Hall–Kier alpha value is -1.43. The molecule has 0 amide bonds. The highest BCUT2D eigenvalue weighted by molar-refractivity contribution is 6.17. The van der Waals surface area contributed by atoms with Crippen LogP contribution in [0.3, 0.4) is 0 Å². The van der Waals surface area contributed by atoms with Crippen LogP contribution in [0, 0.1) is 0 Å². The van der Waals surface area contributed by atoms with Gasteiger partial charge in [-0.25, -0.2) is 4.68 Å². The monoisotopic (exact) mass is 283 g/mol. The zero-order valence-corrected chi connectivity index (χ0v) is 12.2. The smallest absolute Gasteiger partial charge is 0.238 e. The van der Waals surface area contributed by atoms with Crippen LogP contribution < -0.4 is 0 Å². The van der Waals surface area contributed by atoms with Gasteiger partial charge in [-0.15, -0.1) is 26.9 Å². The van der Waals surface area contributed by atoms with Gasteiger partial charge in [0.15, 0.2) is 0 Å². The van der Waals surface area contributed by atoms with Crippen molar-refractivity contribution >= 4 is 11.6 Å². The van der Waals surface area contributed by atoms with Crippen molar-refractivity contribution in [1.82, 2.24) is 25.2 Å². The summed E-state index contributed by atoms with van der Waals surface area (Å²) < 4.78 is 7.31. The Morgan fingerprint density at radius 3 is 2.68 bits per heavy atom. The summed E-state index contributed by atoms with van der Waals surface area (Å²) in [6.45, 7) is 6.54. The highest BCUT2D eigenvalue weighted by atomic mass is 35.5. The molecule has 0 aliphatic heterocycles. The van der Waals surface area contributed by atoms with E-state index in [9.17, 15) is 0 Å². The summed E-state index contributed by atoms with van der Waals surface area (Å²) >= 11 is 5.65.